The van der Waals surface area contributed by atoms with Crippen molar-refractivity contribution < 1.29 is 9.53 Å². The largest absolute Gasteiger partial charge is 0.492 e. The van der Waals surface area contributed by atoms with Crippen LogP contribution in [-0.2, 0) is 11.3 Å². The van der Waals surface area contributed by atoms with Crippen LogP contribution in [0.4, 0.5) is 0 Å². The summed E-state index contributed by atoms with van der Waals surface area (Å²) in [6.45, 7) is 2.83. The van der Waals surface area contributed by atoms with Crippen LogP contribution in [0.2, 0.25) is 0 Å². The maximum absolute atomic E-state index is 13.8. The minimum atomic E-state index is -0.239. The number of carbonyl (C=O) groups is 1. The first-order chi connectivity index (χ1) is 18.6. The zero-order chi connectivity index (χ0) is 26.5. The molecule has 0 saturated heterocycles. The highest BCUT2D eigenvalue weighted by Gasteiger charge is 2.21. The number of thioether (sulfide) groups is 1. The molecule has 1 N–H and O–H groups in total. The van der Waals surface area contributed by atoms with Gasteiger partial charge in [0.05, 0.1) is 23.7 Å². The van der Waals surface area contributed by atoms with E-state index >= 15 is 0 Å². The molecule has 5 rings (SSSR count). The molecule has 2 heterocycles. The lowest BCUT2D eigenvalue weighted by atomic mass is 10.2. The van der Waals surface area contributed by atoms with E-state index < -0.39 is 0 Å². The average Bonchev–Trinajstić information content (AvgIpc) is 3.28. The molecule has 0 radical (unpaired) electrons. The van der Waals surface area contributed by atoms with Crippen LogP contribution < -0.4 is 15.6 Å². The normalized spacial score (nSPS) is 11.0. The summed E-state index contributed by atoms with van der Waals surface area (Å²) < 4.78 is 10.1. The molecule has 0 spiro atoms. The molecule has 0 fully saturated rings. The molecule has 0 bridgehead atoms. The number of rotatable bonds is 9. The minimum absolute atomic E-state index is 0.0953. The van der Waals surface area contributed by atoms with Gasteiger partial charge in [-0.1, -0.05) is 83.8 Å². The number of thiazole rings is 1. The lowest BCUT2D eigenvalue weighted by Gasteiger charge is -2.14. The Morgan fingerprint density at radius 1 is 1.00 bits per heavy atom. The topological polar surface area (TPSA) is 78.1 Å². The van der Waals surface area contributed by atoms with E-state index in [2.05, 4.69) is 5.32 Å². The van der Waals surface area contributed by atoms with Gasteiger partial charge in [-0.3, -0.25) is 18.7 Å². The molecule has 7 nitrogen and oxygen atoms in total. The number of aromatic nitrogens is 3. The molecule has 38 heavy (non-hydrogen) atoms. The highest BCUT2D eigenvalue weighted by molar-refractivity contribution is 7.99. The Labute approximate surface area is 232 Å². The number of benzene rings is 3. The number of nitrogens with zero attached hydrogens (tertiary/aromatic N) is 3. The number of nitrogens with one attached hydrogen (secondary N) is 1. The van der Waals surface area contributed by atoms with E-state index in [0.29, 0.717) is 49.7 Å². The molecule has 0 aliphatic heterocycles. The van der Waals surface area contributed by atoms with Crippen molar-refractivity contribution in [1.82, 2.24) is 19.4 Å². The smallest absolute Gasteiger partial charge is 0.278 e. The SMILES string of the molecule is CCOc1ccccc1-n1c(=S)sc2c(=O)n(-c3ccccc3)c(SCC(=O)NCc3ccccc3)nc21. The van der Waals surface area contributed by atoms with E-state index in [1.807, 2.05) is 91.9 Å². The first kappa shape index (κ1) is 25.9. The summed E-state index contributed by atoms with van der Waals surface area (Å²) in [6, 6.07) is 26.5. The fourth-order valence-electron chi connectivity index (χ4n) is 3.95. The van der Waals surface area contributed by atoms with Crippen LogP contribution in [0.25, 0.3) is 21.7 Å². The summed E-state index contributed by atoms with van der Waals surface area (Å²) in [5, 5.41) is 3.33. The van der Waals surface area contributed by atoms with Gasteiger partial charge in [0.1, 0.15) is 10.4 Å². The standard InChI is InChI=1S/C28H24N4O3S3/c1-2-35-22-16-10-9-15-21(22)32-25-24(38-28(32)36)26(34)31(20-13-7-4-8-14-20)27(30-25)37-18-23(33)29-17-19-11-5-3-6-12-19/h3-16H,2,17-18H2,1H3,(H,29,33). The summed E-state index contributed by atoms with van der Waals surface area (Å²) >= 11 is 8.12. The molecule has 2 aromatic heterocycles. The molecular weight excluding hydrogens is 537 g/mol. The van der Waals surface area contributed by atoms with Gasteiger partial charge in [0.25, 0.3) is 5.56 Å². The molecule has 0 unspecified atom stereocenters. The Kier molecular flexibility index (Phi) is 8.02. The monoisotopic (exact) mass is 560 g/mol. The third-order valence-corrected chi connectivity index (χ3v) is 7.95. The number of hydrogen-bond acceptors (Lipinski definition) is 7. The first-order valence-electron chi connectivity index (χ1n) is 12.0. The predicted molar refractivity (Wildman–Crippen MR) is 156 cm³/mol. The van der Waals surface area contributed by atoms with Gasteiger partial charge in [-0.15, -0.1) is 0 Å². The highest BCUT2D eigenvalue weighted by atomic mass is 32.2. The number of para-hydroxylation sites is 3. The van der Waals surface area contributed by atoms with Crippen LogP contribution >= 0.6 is 35.3 Å². The second-order valence-corrected chi connectivity index (χ2v) is 10.8. The van der Waals surface area contributed by atoms with Crippen molar-refractivity contribution >= 4 is 51.6 Å². The summed E-state index contributed by atoms with van der Waals surface area (Å²) in [5.41, 5.74) is 2.59. The lowest BCUT2D eigenvalue weighted by Crippen LogP contribution is -2.26. The quantitative estimate of drug-likeness (QED) is 0.140. The van der Waals surface area contributed by atoms with Crippen LogP contribution in [0.1, 0.15) is 12.5 Å². The van der Waals surface area contributed by atoms with E-state index in [4.69, 9.17) is 21.9 Å². The molecular formula is C28H24N4O3S3. The number of carbonyl (C=O) groups excluding carboxylic acids is 1. The number of ether oxygens (including phenoxy) is 1. The Morgan fingerprint density at radius 3 is 2.42 bits per heavy atom. The molecule has 192 valence electrons. The lowest BCUT2D eigenvalue weighted by molar-refractivity contribution is -0.118. The van der Waals surface area contributed by atoms with Gasteiger partial charge < -0.3 is 10.1 Å². The molecule has 5 aromatic rings. The third-order valence-electron chi connectivity index (χ3n) is 5.66. The molecule has 0 atom stereocenters. The molecule has 0 saturated carbocycles. The van der Waals surface area contributed by atoms with Crippen molar-refractivity contribution in [2.24, 2.45) is 0 Å². The van der Waals surface area contributed by atoms with Gasteiger partial charge in [-0.05, 0) is 49.0 Å². The van der Waals surface area contributed by atoms with E-state index in [-0.39, 0.29) is 17.2 Å². The van der Waals surface area contributed by atoms with Crippen molar-refractivity contribution in [2.75, 3.05) is 12.4 Å². The van der Waals surface area contributed by atoms with Crippen molar-refractivity contribution in [3.63, 3.8) is 0 Å². The van der Waals surface area contributed by atoms with Crippen LogP contribution in [0.15, 0.2) is 94.9 Å². The van der Waals surface area contributed by atoms with Gasteiger partial charge in [0, 0.05) is 6.54 Å². The maximum Gasteiger partial charge on any atom is 0.278 e. The van der Waals surface area contributed by atoms with Gasteiger partial charge >= 0.3 is 0 Å². The van der Waals surface area contributed by atoms with Crippen LogP contribution in [-0.4, -0.2) is 32.4 Å². The van der Waals surface area contributed by atoms with Crippen LogP contribution in [0.3, 0.4) is 0 Å². The zero-order valence-corrected chi connectivity index (χ0v) is 22.9. The van der Waals surface area contributed by atoms with Gasteiger partial charge in [-0.25, -0.2) is 4.98 Å². The second-order valence-electron chi connectivity index (χ2n) is 8.18. The molecule has 1 amide bonds. The van der Waals surface area contributed by atoms with Crippen molar-refractivity contribution in [1.29, 1.82) is 0 Å². The van der Waals surface area contributed by atoms with Crippen molar-refractivity contribution in [3.05, 3.63) is 105 Å². The fraction of sp³-hybridized carbons (Fsp3) is 0.143. The van der Waals surface area contributed by atoms with E-state index in [1.54, 1.807) is 9.13 Å². The Morgan fingerprint density at radius 2 is 1.68 bits per heavy atom. The summed E-state index contributed by atoms with van der Waals surface area (Å²) in [5.74, 6) is 0.587. The summed E-state index contributed by atoms with van der Waals surface area (Å²) in [4.78, 5) is 31.5. The predicted octanol–water partition coefficient (Wildman–Crippen LogP) is 5.77. The summed E-state index contributed by atoms with van der Waals surface area (Å²) in [6.07, 6.45) is 0. The second kappa shape index (κ2) is 11.8. The molecule has 0 aliphatic carbocycles. The van der Waals surface area contributed by atoms with E-state index in [1.165, 1.54) is 23.1 Å². The van der Waals surface area contributed by atoms with E-state index in [9.17, 15) is 9.59 Å². The van der Waals surface area contributed by atoms with Crippen molar-refractivity contribution in [3.8, 4) is 17.1 Å². The maximum atomic E-state index is 13.8. The molecule has 0 aliphatic rings. The number of amides is 1. The number of hydrogen-bond donors (Lipinski definition) is 1. The van der Waals surface area contributed by atoms with Crippen LogP contribution in [0, 0.1) is 3.95 Å². The van der Waals surface area contributed by atoms with Crippen molar-refractivity contribution in [2.45, 2.75) is 18.6 Å². The van der Waals surface area contributed by atoms with Gasteiger partial charge in [-0.2, -0.15) is 0 Å². The summed E-state index contributed by atoms with van der Waals surface area (Å²) in [7, 11) is 0. The zero-order valence-electron chi connectivity index (χ0n) is 20.5. The Hall–Kier alpha value is -3.73. The Bertz CT molecular complexity index is 1700. The fourth-order valence-corrected chi connectivity index (χ4v) is 6.07. The first-order valence-corrected chi connectivity index (χ1v) is 14.2. The molecule has 3 aromatic carbocycles. The van der Waals surface area contributed by atoms with Gasteiger partial charge in [0.2, 0.25) is 5.91 Å². The minimum Gasteiger partial charge on any atom is -0.492 e. The third kappa shape index (κ3) is 5.42. The number of fused-ring (bicyclic) bond motifs is 1. The van der Waals surface area contributed by atoms with E-state index in [0.717, 1.165) is 5.56 Å². The highest BCUT2D eigenvalue weighted by Crippen LogP contribution is 2.31. The Balaban J connectivity index is 1.57. The van der Waals surface area contributed by atoms with Gasteiger partial charge in [0.15, 0.2) is 14.8 Å². The average molecular weight is 561 g/mol. The van der Waals surface area contributed by atoms with Crippen LogP contribution in [0.5, 0.6) is 5.75 Å². The molecule has 10 heteroatoms.